The topological polar surface area (TPSA) is 55.3 Å². The Morgan fingerprint density at radius 2 is 2.00 bits per heavy atom. The van der Waals surface area contributed by atoms with Crippen LogP contribution in [-0.2, 0) is 29.5 Å². The number of hydrogen-bond donors (Lipinski definition) is 1. The van der Waals surface area contributed by atoms with Gasteiger partial charge in [-0.15, -0.1) is 0 Å². The van der Waals surface area contributed by atoms with Crippen molar-refractivity contribution in [2.45, 2.75) is 70.8 Å². The number of nitrogens with zero attached hydrogens (tertiary/aromatic N) is 2. The van der Waals surface area contributed by atoms with E-state index < -0.39 is 0 Å². The fourth-order valence-electron chi connectivity index (χ4n) is 4.14. The molecule has 3 rings (SSSR count). The fraction of sp³-hybridized carbons (Fsp3) is 0.565. The molecular weight excluding hydrogens is 352 g/mol. The summed E-state index contributed by atoms with van der Waals surface area (Å²) in [5.41, 5.74) is 1.68. The Morgan fingerprint density at radius 3 is 2.68 bits per heavy atom. The molecule has 0 amide bonds. The second kappa shape index (κ2) is 9.76. The average molecular weight is 386 g/mol. The quantitative estimate of drug-likeness (QED) is 0.340. The second-order valence-electron chi connectivity index (χ2n) is 7.94. The maximum absolute atomic E-state index is 12.2. The summed E-state index contributed by atoms with van der Waals surface area (Å²) in [5.74, 6) is 1.60. The number of imidazole rings is 1. The number of aryl methyl sites for hydroxylation is 2. The lowest BCUT2D eigenvalue weighted by Gasteiger charge is -2.18. The number of aromatic nitrogens is 2. The molecule has 1 aromatic carbocycles. The molecule has 0 atom stereocenters. The number of phenols is 1. The van der Waals surface area contributed by atoms with Gasteiger partial charge in [-0.25, -0.2) is 9.13 Å². The summed E-state index contributed by atoms with van der Waals surface area (Å²) in [6.07, 6.45) is 12.2. The van der Waals surface area contributed by atoms with Crippen molar-refractivity contribution in [2.75, 3.05) is 6.61 Å². The predicted molar refractivity (Wildman–Crippen MR) is 108 cm³/mol. The molecule has 2 aromatic rings. The largest absolute Gasteiger partial charge is 0.507 e. The number of para-hydroxylation sites is 1. The van der Waals surface area contributed by atoms with Gasteiger partial charge in [-0.05, 0) is 24.3 Å². The van der Waals surface area contributed by atoms with Gasteiger partial charge in [0.15, 0.2) is 0 Å². The smallest absolute Gasteiger partial charge is 0.310 e. The molecule has 0 aliphatic heterocycles. The third-order valence-corrected chi connectivity index (χ3v) is 5.98. The maximum Gasteiger partial charge on any atom is 0.310 e. The molecule has 5 nitrogen and oxygen atoms in total. The molecule has 0 radical (unpaired) electrons. The zero-order chi connectivity index (χ0) is 19.9. The minimum absolute atomic E-state index is 0.129. The number of hydrogen-bond acceptors (Lipinski definition) is 3. The number of rotatable bonds is 7. The molecule has 5 heteroatoms. The average Bonchev–Trinajstić information content (AvgIpc) is 2.89. The number of aromatic hydroxyl groups is 1. The van der Waals surface area contributed by atoms with Gasteiger partial charge < -0.3 is 9.84 Å². The summed E-state index contributed by atoms with van der Waals surface area (Å²) in [5, 5.41) is 10.7. The highest BCUT2D eigenvalue weighted by Crippen LogP contribution is 2.37. The predicted octanol–water partition coefficient (Wildman–Crippen LogP) is 3.94. The first-order valence-corrected chi connectivity index (χ1v) is 10.5. The van der Waals surface area contributed by atoms with E-state index in [1.165, 1.54) is 31.5 Å². The van der Waals surface area contributed by atoms with Gasteiger partial charge in [0.1, 0.15) is 18.1 Å². The Hall–Kier alpha value is -2.30. The first-order chi connectivity index (χ1) is 13.6. The summed E-state index contributed by atoms with van der Waals surface area (Å²) in [4.78, 5) is 12.2. The van der Waals surface area contributed by atoms with E-state index in [1.54, 1.807) is 0 Å². The van der Waals surface area contributed by atoms with Crippen molar-refractivity contribution in [3.05, 3.63) is 47.5 Å². The van der Waals surface area contributed by atoms with E-state index in [0.29, 0.717) is 23.8 Å². The van der Waals surface area contributed by atoms with Crippen molar-refractivity contribution in [1.82, 2.24) is 4.57 Å². The van der Waals surface area contributed by atoms with Crippen LogP contribution in [0.5, 0.6) is 5.75 Å². The molecule has 28 heavy (non-hydrogen) atoms. The molecule has 1 aliphatic carbocycles. The van der Waals surface area contributed by atoms with Crippen molar-refractivity contribution < 1.29 is 19.2 Å². The number of carbonyl (C=O) groups is 1. The molecule has 1 aliphatic rings. The molecule has 0 saturated heterocycles. The van der Waals surface area contributed by atoms with Crippen LogP contribution < -0.4 is 4.57 Å². The highest BCUT2D eigenvalue weighted by atomic mass is 16.5. The summed E-state index contributed by atoms with van der Waals surface area (Å²) in [6, 6.07) is 5.80. The molecule has 1 aromatic heterocycles. The van der Waals surface area contributed by atoms with Gasteiger partial charge in [-0.3, -0.25) is 4.79 Å². The highest BCUT2D eigenvalue weighted by Gasteiger charge is 2.20. The van der Waals surface area contributed by atoms with Gasteiger partial charge >= 0.3 is 5.97 Å². The van der Waals surface area contributed by atoms with Crippen molar-refractivity contribution in [3.8, 4) is 5.75 Å². The van der Waals surface area contributed by atoms with E-state index in [2.05, 4.69) is 16.1 Å². The molecule has 0 bridgehead atoms. The van der Waals surface area contributed by atoms with Gasteiger partial charge in [0.25, 0.3) is 5.82 Å². The van der Waals surface area contributed by atoms with Crippen molar-refractivity contribution >= 4 is 5.97 Å². The van der Waals surface area contributed by atoms with E-state index in [4.69, 9.17) is 4.74 Å². The summed E-state index contributed by atoms with van der Waals surface area (Å²) in [7, 11) is 2.02. The minimum atomic E-state index is -0.275. The first kappa shape index (κ1) is 20.4. The van der Waals surface area contributed by atoms with Crippen LogP contribution in [0, 0.1) is 6.92 Å². The Morgan fingerprint density at radius 1 is 1.25 bits per heavy atom. The minimum Gasteiger partial charge on any atom is -0.507 e. The number of carbonyl (C=O) groups excluding carboxylic acids is 1. The summed E-state index contributed by atoms with van der Waals surface area (Å²) in [6.45, 7) is 3.28. The Kier molecular flexibility index (Phi) is 7.12. The first-order valence-electron chi connectivity index (χ1n) is 10.5. The zero-order valence-electron chi connectivity index (χ0n) is 17.2. The van der Waals surface area contributed by atoms with Crippen LogP contribution in [0.3, 0.4) is 0 Å². The Bertz CT molecular complexity index is 789. The van der Waals surface area contributed by atoms with Gasteiger partial charge in [0, 0.05) is 18.9 Å². The number of esters is 1. The van der Waals surface area contributed by atoms with Gasteiger partial charge in [-0.2, -0.15) is 0 Å². The second-order valence-corrected chi connectivity index (χ2v) is 7.94. The standard InChI is InChI=1S/C23H32N2O3/c1-18-24(2)14-15-25(18)13-8-16-28-22(26)17-20-11-7-12-21(23(20)27)19-9-5-3-4-6-10-19/h7,11-12,14-15,19H,3-6,8-10,13,16-17H2,1-2H3/p+1. The SMILES string of the molecule is Cc1n(CCCOC(=O)Cc2cccc(C3CCCCCC3)c2O)cc[n+]1C. The molecule has 0 spiro atoms. The molecule has 1 N–H and O–H groups in total. The van der Waals surface area contributed by atoms with Crippen molar-refractivity contribution in [2.24, 2.45) is 7.05 Å². The van der Waals surface area contributed by atoms with Gasteiger partial charge in [-0.1, -0.05) is 43.9 Å². The van der Waals surface area contributed by atoms with Crippen LogP contribution in [0.25, 0.3) is 0 Å². The van der Waals surface area contributed by atoms with E-state index >= 15 is 0 Å². The lowest BCUT2D eigenvalue weighted by molar-refractivity contribution is -0.677. The molecule has 152 valence electrons. The number of benzene rings is 1. The number of ether oxygens (including phenoxy) is 1. The third-order valence-electron chi connectivity index (χ3n) is 5.98. The van der Waals surface area contributed by atoms with Crippen LogP contribution in [-0.4, -0.2) is 22.2 Å². The highest BCUT2D eigenvalue weighted by molar-refractivity contribution is 5.73. The number of phenolic OH excluding ortho intramolecular Hbond substituents is 1. The Labute approximate surface area is 168 Å². The Balaban J connectivity index is 1.51. The third kappa shape index (κ3) is 5.15. The van der Waals surface area contributed by atoms with Crippen molar-refractivity contribution in [3.63, 3.8) is 0 Å². The zero-order valence-corrected chi connectivity index (χ0v) is 17.2. The molecule has 1 heterocycles. The monoisotopic (exact) mass is 385 g/mol. The summed E-state index contributed by atoms with van der Waals surface area (Å²) < 4.78 is 9.62. The lowest BCUT2D eigenvalue weighted by Crippen LogP contribution is -2.29. The van der Waals surface area contributed by atoms with E-state index in [-0.39, 0.29) is 12.4 Å². The van der Waals surface area contributed by atoms with E-state index in [9.17, 15) is 9.90 Å². The van der Waals surface area contributed by atoms with Gasteiger partial charge in [0.05, 0.1) is 26.6 Å². The molecular formula is C23H33N2O3+. The fourth-order valence-corrected chi connectivity index (χ4v) is 4.14. The van der Waals surface area contributed by atoms with Crippen molar-refractivity contribution in [1.29, 1.82) is 0 Å². The van der Waals surface area contributed by atoms with Crippen LogP contribution in [0.1, 0.15) is 67.8 Å². The molecule has 0 unspecified atom stereocenters. The molecule has 1 fully saturated rings. The van der Waals surface area contributed by atoms with Crippen LogP contribution in [0.4, 0.5) is 0 Å². The maximum atomic E-state index is 12.2. The summed E-state index contributed by atoms with van der Waals surface area (Å²) >= 11 is 0. The van der Waals surface area contributed by atoms with E-state index in [1.807, 2.05) is 37.6 Å². The van der Waals surface area contributed by atoms with Crippen LogP contribution in [0.2, 0.25) is 0 Å². The van der Waals surface area contributed by atoms with Crippen LogP contribution >= 0.6 is 0 Å². The lowest BCUT2D eigenvalue weighted by atomic mass is 9.89. The van der Waals surface area contributed by atoms with Gasteiger partial charge in [0.2, 0.25) is 0 Å². The normalized spacial score (nSPS) is 15.4. The van der Waals surface area contributed by atoms with E-state index in [0.717, 1.165) is 31.4 Å². The molecule has 1 saturated carbocycles. The van der Waals surface area contributed by atoms with Crippen LogP contribution in [0.15, 0.2) is 30.6 Å².